The highest BCUT2D eigenvalue weighted by Crippen LogP contribution is 2.19. The van der Waals surface area contributed by atoms with E-state index in [1.165, 1.54) is 0 Å². The first kappa shape index (κ1) is 13.1. The molecule has 1 amide bonds. The lowest BCUT2D eigenvalue weighted by Crippen LogP contribution is -2.18. The average molecular weight is 263 g/mol. The van der Waals surface area contributed by atoms with E-state index in [-0.39, 0.29) is 6.61 Å². The smallest absolute Gasteiger partial charge is 0.404 e. The van der Waals surface area contributed by atoms with Crippen molar-refractivity contribution in [1.82, 2.24) is 14.6 Å². The van der Waals surface area contributed by atoms with Gasteiger partial charge in [-0.3, -0.25) is 0 Å². The van der Waals surface area contributed by atoms with Crippen LogP contribution in [0.4, 0.5) is 10.6 Å². The van der Waals surface area contributed by atoms with Gasteiger partial charge in [-0.05, 0) is 12.0 Å². The molecule has 2 heterocycles. The van der Waals surface area contributed by atoms with E-state index in [0.717, 1.165) is 11.2 Å². The summed E-state index contributed by atoms with van der Waals surface area (Å²) in [4.78, 5) is 14.7. The molecular weight excluding hydrogens is 246 g/mol. The van der Waals surface area contributed by atoms with Gasteiger partial charge >= 0.3 is 6.09 Å². The number of hydrogen-bond donors (Lipinski definition) is 2. The van der Waals surface area contributed by atoms with Crippen LogP contribution in [0.2, 0.25) is 0 Å². The third-order valence-corrected chi connectivity index (χ3v) is 2.64. The van der Waals surface area contributed by atoms with Crippen LogP contribution in [0, 0.1) is 0 Å². The zero-order valence-corrected chi connectivity index (χ0v) is 11.0. The van der Waals surface area contributed by atoms with Crippen molar-refractivity contribution in [2.45, 2.75) is 19.8 Å². The van der Waals surface area contributed by atoms with Gasteiger partial charge in [0.05, 0.1) is 12.2 Å². The predicted molar refractivity (Wildman–Crippen MR) is 71.1 cm³/mol. The Hall–Kier alpha value is -2.31. The van der Waals surface area contributed by atoms with Crippen LogP contribution in [-0.2, 0) is 4.74 Å². The van der Waals surface area contributed by atoms with Crippen molar-refractivity contribution in [3.8, 4) is 0 Å². The minimum absolute atomic E-state index is 0.198. The van der Waals surface area contributed by atoms with Crippen LogP contribution in [0.5, 0.6) is 0 Å². The first-order valence-corrected chi connectivity index (χ1v) is 6.08. The Morgan fingerprint density at radius 2 is 2.37 bits per heavy atom. The Kier molecular flexibility index (Phi) is 3.84. The predicted octanol–water partition coefficient (Wildman–Crippen LogP) is 1.36. The van der Waals surface area contributed by atoms with E-state index < -0.39 is 6.09 Å². The molecule has 19 heavy (non-hydrogen) atoms. The fourth-order valence-electron chi connectivity index (χ4n) is 1.68. The molecule has 2 aromatic heterocycles. The summed E-state index contributed by atoms with van der Waals surface area (Å²) in [6.45, 7) is 4.81. The summed E-state index contributed by atoms with van der Waals surface area (Å²) in [6, 6.07) is 1.99. The van der Waals surface area contributed by atoms with Gasteiger partial charge in [0, 0.05) is 12.4 Å². The number of ether oxygens (including phenoxy) is 1. The van der Waals surface area contributed by atoms with Crippen molar-refractivity contribution in [1.29, 1.82) is 0 Å². The molecule has 0 aliphatic carbocycles. The molecule has 7 nitrogen and oxygen atoms in total. The van der Waals surface area contributed by atoms with E-state index in [0.29, 0.717) is 18.3 Å². The van der Waals surface area contributed by atoms with E-state index in [1.807, 2.05) is 6.07 Å². The van der Waals surface area contributed by atoms with Gasteiger partial charge in [0.15, 0.2) is 5.82 Å². The van der Waals surface area contributed by atoms with Crippen LogP contribution < -0.4 is 11.1 Å². The number of aromatic nitrogens is 3. The third kappa shape index (κ3) is 3.12. The molecule has 0 aromatic carbocycles. The molecule has 0 saturated heterocycles. The topological polar surface area (TPSA) is 94.5 Å². The molecule has 0 atom stereocenters. The second kappa shape index (κ2) is 5.55. The van der Waals surface area contributed by atoms with Crippen LogP contribution in [0.1, 0.15) is 25.5 Å². The summed E-state index contributed by atoms with van der Waals surface area (Å²) in [6.07, 6.45) is 2.69. The molecular formula is C12H17N5O2. The molecule has 0 aliphatic rings. The summed E-state index contributed by atoms with van der Waals surface area (Å²) in [7, 11) is 0. The number of hydrogen-bond acceptors (Lipinski definition) is 5. The zero-order chi connectivity index (χ0) is 13.8. The van der Waals surface area contributed by atoms with Gasteiger partial charge in [0.2, 0.25) is 0 Å². The first-order valence-electron chi connectivity index (χ1n) is 6.08. The van der Waals surface area contributed by atoms with Crippen molar-refractivity contribution in [2.75, 3.05) is 18.5 Å². The molecule has 0 unspecified atom stereocenters. The maximum absolute atomic E-state index is 10.4. The molecule has 0 saturated carbocycles. The van der Waals surface area contributed by atoms with Crippen LogP contribution in [-0.4, -0.2) is 33.8 Å². The number of anilines is 1. The fourth-order valence-corrected chi connectivity index (χ4v) is 1.68. The normalized spacial score (nSPS) is 10.9. The molecule has 2 aromatic rings. The lowest BCUT2D eigenvalue weighted by molar-refractivity contribution is 0.161. The second-order valence-corrected chi connectivity index (χ2v) is 4.42. The lowest BCUT2D eigenvalue weighted by atomic mass is 10.1. The standard InChI is InChI=1S/C12H17N5O2/c1-8(2)9-7-10-11(14-3-5-17(10)16-9)15-4-6-19-12(13)18/h3,5,7-8H,4,6H2,1-2H3,(H2,13,18)(H,14,15). The van der Waals surface area contributed by atoms with E-state index in [9.17, 15) is 4.79 Å². The third-order valence-electron chi connectivity index (χ3n) is 2.64. The van der Waals surface area contributed by atoms with Crippen LogP contribution >= 0.6 is 0 Å². The molecule has 7 heteroatoms. The maximum atomic E-state index is 10.4. The van der Waals surface area contributed by atoms with Crippen LogP contribution in [0.25, 0.3) is 5.52 Å². The van der Waals surface area contributed by atoms with Crippen LogP contribution in [0.15, 0.2) is 18.5 Å². The van der Waals surface area contributed by atoms with Gasteiger partial charge in [-0.1, -0.05) is 13.8 Å². The Balaban J connectivity index is 2.12. The number of amides is 1. The summed E-state index contributed by atoms with van der Waals surface area (Å²) in [5, 5.41) is 7.55. The van der Waals surface area contributed by atoms with Gasteiger partial charge in [-0.15, -0.1) is 0 Å². The van der Waals surface area contributed by atoms with Gasteiger partial charge in [0.1, 0.15) is 12.1 Å². The minimum atomic E-state index is -0.778. The Labute approximate surface area is 110 Å². The summed E-state index contributed by atoms with van der Waals surface area (Å²) >= 11 is 0. The van der Waals surface area contributed by atoms with E-state index in [4.69, 9.17) is 5.73 Å². The number of nitrogens with two attached hydrogens (primary N) is 1. The van der Waals surface area contributed by atoms with Gasteiger partial charge in [-0.2, -0.15) is 5.10 Å². The molecule has 3 N–H and O–H groups in total. The number of nitrogens with zero attached hydrogens (tertiary/aromatic N) is 3. The molecule has 2 rings (SSSR count). The summed E-state index contributed by atoms with van der Waals surface area (Å²) in [5.74, 6) is 1.06. The lowest BCUT2D eigenvalue weighted by Gasteiger charge is -2.06. The number of carbonyl (C=O) groups is 1. The van der Waals surface area contributed by atoms with E-state index in [1.54, 1.807) is 16.9 Å². The number of fused-ring (bicyclic) bond motifs is 1. The molecule has 102 valence electrons. The summed E-state index contributed by atoms with van der Waals surface area (Å²) < 4.78 is 6.42. The highest BCUT2D eigenvalue weighted by atomic mass is 16.5. The maximum Gasteiger partial charge on any atom is 0.404 e. The highest BCUT2D eigenvalue weighted by Gasteiger charge is 2.09. The van der Waals surface area contributed by atoms with Crippen molar-refractivity contribution in [2.24, 2.45) is 5.73 Å². The minimum Gasteiger partial charge on any atom is -0.448 e. The van der Waals surface area contributed by atoms with Crippen molar-refractivity contribution < 1.29 is 9.53 Å². The number of carbonyl (C=O) groups excluding carboxylic acids is 1. The fraction of sp³-hybridized carbons (Fsp3) is 0.417. The number of primary amides is 1. The zero-order valence-electron chi connectivity index (χ0n) is 11.0. The molecule has 0 radical (unpaired) electrons. The molecule has 0 fully saturated rings. The number of nitrogens with one attached hydrogen (secondary N) is 1. The largest absolute Gasteiger partial charge is 0.448 e. The average Bonchev–Trinajstić information content (AvgIpc) is 2.79. The monoisotopic (exact) mass is 263 g/mol. The van der Waals surface area contributed by atoms with Gasteiger partial charge < -0.3 is 15.8 Å². The van der Waals surface area contributed by atoms with Crippen molar-refractivity contribution >= 4 is 17.4 Å². The SMILES string of the molecule is CC(C)c1cc2c(NCCOC(N)=O)nccn2n1. The van der Waals surface area contributed by atoms with Gasteiger partial charge in [0.25, 0.3) is 0 Å². The van der Waals surface area contributed by atoms with E-state index in [2.05, 4.69) is 34.0 Å². The molecule has 0 spiro atoms. The quantitative estimate of drug-likeness (QED) is 0.794. The molecule has 0 bridgehead atoms. The Morgan fingerprint density at radius 1 is 1.58 bits per heavy atom. The van der Waals surface area contributed by atoms with Gasteiger partial charge in [-0.25, -0.2) is 14.3 Å². The summed E-state index contributed by atoms with van der Waals surface area (Å²) in [5.41, 5.74) is 6.78. The van der Waals surface area contributed by atoms with Crippen LogP contribution in [0.3, 0.4) is 0 Å². The Bertz CT molecular complexity index is 579. The number of rotatable bonds is 5. The van der Waals surface area contributed by atoms with E-state index >= 15 is 0 Å². The highest BCUT2D eigenvalue weighted by molar-refractivity contribution is 5.68. The first-order chi connectivity index (χ1) is 9.08. The Morgan fingerprint density at radius 3 is 3.05 bits per heavy atom. The van der Waals surface area contributed by atoms with Crippen molar-refractivity contribution in [3.05, 3.63) is 24.2 Å². The second-order valence-electron chi connectivity index (χ2n) is 4.42. The van der Waals surface area contributed by atoms with Crippen molar-refractivity contribution in [3.63, 3.8) is 0 Å². The molecule has 0 aliphatic heterocycles.